The van der Waals surface area contributed by atoms with Crippen molar-refractivity contribution in [2.75, 3.05) is 32.7 Å². The van der Waals surface area contributed by atoms with Crippen molar-refractivity contribution < 1.29 is 27.1 Å². The maximum Gasteiger partial charge on any atom is 0.573 e. The molecule has 1 aliphatic rings. The summed E-state index contributed by atoms with van der Waals surface area (Å²) in [5.74, 6) is 0.438. The second-order valence-corrected chi connectivity index (χ2v) is 6.58. The zero-order valence-electron chi connectivity index (χ0n) is 16.9. The van der Waals surface area contributed by atoms with Gasteiger partial charge in [-0.15, -0.1) is 37.1 Å². The number of rotatable bonds is 5. The Bertz CT molecular complexity index is 867. The number of benzene rings is 1. The number of ether oxygens (including phenoxy) is 1. The number of halogens is 4. The molecule has 0 aliphatic carbocycles. The van der Waals surface area contributed by atoms with Gasteiger partial charge in [0.1, 0.15) is 5.75 Å². The van der Waals surface area contributed by atoms with Gasteiger partial charge in [-0.05, 0) is 25.1 Å². The van der Waals surface area contributed by atoms with Gasteiger partial charge in [0.25, 0.3) is 5.91 Å². The van der Waals surface area contributed by atoms with Crippen LogP contribution in [0.15, 0.2) is 52.1 Å². The van der Waals surface area contributed by atoms with E-state index in [1.165, 1.54) is 18.4 Å². The average Bonchev–Trinajstić information content (AvgIpc) is 3.25. The Labute approximate surface area is 195 Å². The number of hydrogen-bond acceptors (Lipinski definition) is 4. The molecule has 0 spiro atoms. The molecular formula is C20H24F3IN4O3. The van der Waals surface area contributed by atoms with Crippen LogP contribution in [0.2, 0.25) is 0 Å². The van der Waals surface area contributed by atoms with Gasteiger partial charge in [0.05, 0.1) is 12.8 Å². The summed E-state index contributed by atoms with van der Waals surface area (Å²) in [5.41, 5.74) is 0.330. The zero-order valence-corrected chi connectivity index (χ0v) is 19.2. The number of para-hydroxylation sites is 1. The summed E-state index contributed by atoms with van der Waals surface area (Å²) in [6.45, 7) is 4.59. The number of carbonyl (C=O) groups excluding carboxylic acids is 1. The van der Waals surface area contributed by atoms with Crippen LogP contribution in [0.25, 0.3) is 0 Å². The molecule has 1 aromatic heterocycles. The predicted molar refractivity (Wildman–Crippen MR) is 120 cm³/mol. The molecule has 170 valence electrons. The molecule has 2 aromatic rings. The highest BCUT2D eigenvalue weighted by Crippen LogP contribution is 2.26. The fourth-order valence-electron chi connectivity index (χ4n) is 3.12. The number of guanidine groups is 1. The molecule has 0 atom stereocenters. The van der Waals surface area contributed by atoms with E-state index >= 15 is 0 Å². The SMILES string of the molecule is CCNC(=NCc1ccccc1OC(F)(F)F)N1CCN(C(=O)c2ccco2)CC1.I. The van der Waals surface area contributed by atoms with E-state index in [4.69, 9.17) is 4.42 Å². The van der Waals surface area contributed by atoms with E-state index in [2.05, 4.69) is 15.0 Å². The lowest BCUT2D eigenvalue weighted by atomic mass is 10.2. The van der Waals surface area contributed by atoms with Crippen molar-refractivity contribution in [2.24, 2.45) is 4.99 Å². The Morgan fingerprint density at radius 1 is 1.13 bits per heavy atom. The van der Waals surface area contributed by atoms with E-state index in [1.807, 2.05) is 11.8 Å². The molecule has 0 saturated carbocycles. The van der Waals surface area contributed by atoms with Crippen molar-refractivity contribution in [3.8, 4) is 5.75 Å². The Morgan fingerprint density at radius 2 is 1.81 bits per heavy atom. The van der Waals surface area contributed by atoms with E-state index in [0.717, 1.165) is 0 Å². The lowest BCUT2D eigenvalue weighted by molar-refractivity contribution is -0.274. The van der Waals surface area contributed by atoms with Crippen LogP contribution in [0.1, 0.15) is 23.0 Å². The number of piperazine rings is 1. The summed E-state index contributed by atoms with van der Waals surface area (Å²) in [6.07, 6.45) is -3.30. The van der Waals surface area contributed by atoms with Gasteiger partial charge in [0, 0.05) is 38.3 Å². The third-order valence-corrected chi connectivity index (χ3v) is 4.53. The first-order valence-corrected chi connectivity index (χ1v) is 9.57. The molecule has 11 heteroatoms. The average molecular weight is 552 g/mol. The van der Waals surface area contributed by atoms with Gasteiger partial charge in [-0.25, -0.2) is 4.99 Å². The van der Waals surface area contributed by atoms with Gasteiger partial charge < -0.3 is 24.3 Å². The Kier molecular flexibility index (Phi) is 9.01. The number of carbonyl (C=O) groups is 1. The van der Waals surface area contributed by atoms with Gasteiger partial charge in [-0.1, -0.05) is 18.2 Å². The maximum atomic E-state index is 12.6. The molecule has 2 heterocycles. The van der Waals surface area contributed by atoms with Gasteiger partial charge in [0.2, 0.25) is 0 Å². The minimum absolute atomic E-state index is 0. The second-order valence-electron chi connectivity index (χ2n) is 6.58. The third kappa shape index (κ3) is 7.04. The lowest BCUT2D eigenvalue weighted by Crippen LogP contribution is -2.53. The Morgan fingerprint density at radius 3 is 2.42 bits per heavy atom. The number of furan rings is 1. The molecule has 1 amide bonds. The van der Waals surface area contributed by atoms with Crippen molar-refractivity contribution in [3.05, 3.63) is 54.0 Å². The van der Waals surface area contributed by atoms with E-state index in [1.54, 1.807) is 29.2 Å². The minimum atomic E-state index is -4.76. The molecule has 0 unspecified atom stereocenters. The normalized spacial score (nSPS) is 14.8. The van der Waals surface area contributed by atoms with Gasteiger partial charge >= 0.3 is 6.36 Å². The number of aliphatic imine (C=N–C) groups is 1. The van der Waals surface area contributed by atoms with E-state index < -0.39 is 6.36 Å². The molecule has 1 fully saturated rings. The van der Waals surface area contributed by atoms with E-state index in [0.29, 0.717) is 50.0 Å². The monoisotopic (exact) mass is 552 g/mol. The maximum absolute atomic E-state index is 12.6. The quantitative estimate of drug-likeness (QED) is 0.348. The Hall–Kier alpha value is -2.44. The molecule has 1 saturated heterocycles. The number of hydrogen-bond donors (Lipinski definition) is 1. The highest BCUT2D eigenvalue weighted by molar-refractivity contribution is 14.0. The standard InChI is InChI=1S/C20H23F3N4O3.HI/c1-2-24-19(25-14-15-6-3-4-7-16(15)30-20(21,22)23)27-11-9-26(10-12-27)18(28)17-8-5-13-29-17;/h3-8,13H,2,9-12,14H2,1H3,(H,24,25);1H. The molecule has 31 heavy (non-hydrogen) atoms. The number of amides is 1. The van der Waals surface area contributed by atoms with Crippen LogP contribution < -0.4 is 10.1 Å². The number of nitrogens with one attached hydrogen (secondary N) is 1. The molecule has 7 nitrogen and oxygen atoms in total. The molecule has 1 aliphatic heterocycles. The molecule has 0 radical (unpaired) electrons. The first-order valence-electron chi connectivity index (χ1n) is 9.57. The van der Waals surface area contributed by atoms with Gasteiger partial charge in [-0.2, -0.15) is 0 Å². The Balaban J connectivity index is 0.00000341. The summed E-state index contributed by atoms with van der Waals surface area (Å²) < 4.78 is 47.1. The second kappa shape index (κ2) is 11.3. The number of nitrogens with zero attached hydrogens (tertiary/aromatic N) is 3. The van der Waals surface area contributed by atoms with Crippen LogP contribution in [0, 0.1) is 0 Å². The summed E-state index contributed by atoms with van der Waals surface area (Å²) in [7, 11) is 0. The van der Waals surface area contributed by atoms with Crippen LogP contribution in [-0.4, -0.2) is 60.8 Å². The van der Waals surface area contributed by atoms with Crippen LogP contribution in [0.4, 0.5) is 13.2 Å². The van der Waals surface area contributed by atoms with Gasteiger partial charge in [-0.3, -0.25) is 4.79 Å². The van der Waals surface area contributed by atoms with E-state index in [-0.39, 0.29) is 42.2 Å². The highest BCUT2D eigenvalue weighted by Gasteiger charge is 2.32. The summed E-state index contributed by atoms with van der Waals surface area (Å²) >= 11 is 0. The fraction of sp³-hybridized carbons (Fsp3) is 0.400. The summed E-state index contributed by atoms with van der Waals surface area (Å²) in [5, 5.41) is 3.15. The highest BCUT2D eigenvalue weighted by atomic mass is 127. The molecule has 1 aromatic carbocycles. The number of alkyl halides is 3. The molecule has 3 rings (SSSR count). The summed E-state index contributed by atoms with van der Waals surface area (Å²) in [4.78, 5) is 20.5. The van der Waals surface area contributed by atoms with Crippen LogP contribution in [0.3, 0.4) is 0 Å². The van der Waals surface area contributed by atoms with Crippen molar-refractivity contribution in [1.82, 2.24) is 15.1 Å². The van der Waals surface area contributed by atoms with Crippen LogP contribution in [-0.2, 0) is 6.54 Å². The first kappa shape index (κ1) is 24.8. The smallest absolute Gasteiger partial charge is 0.459 e. The molecular weight excluding hydrogens is 528 g/mol. The summed E-state index contributed by atoms with van der Waals surface area (Å²) in [6, 6.07) is 9.23. The lowest BCUT2D eigenvalue weighted by Gasteiger charge is -2.36. The predicted octanol–water partition coefficient (Wildman–Crippen LogP) is 3.72. The fourth-order valence-corrected chi connectivity index (χ4v) is 3.12. The van der Waals surface area contributed by atoms with Crippen molar-refractivity contribution in [1.29, 1.82) is 0 Å². The minimum Gasteiger partial charge on any atom is -0.459 e. The van der Waals surface area contributed by atoms with Crippen LogP contribution >= 0.6 is 24.0 Å². The zero-order chi connectivity index (χ0) is 21.6. The largest absolute Gasteiger partial charge is 0.573 e. The topological polar surface area (TPSA) is 70.3 Å². The first-order chi connectivity index (χ1) is 14.4. The third-order valence-electron chi connectivity index (χ3n) is 4.53. The molecule has 0 bridgehead atoms. The van der Waals surface area contributed by atoms with Crippen LogP contribution in [0.5, 0.6) is 5.75 Å². The van der Waals surface area contributed by atoms with Crippen molar-refractivity contribution in [3.63, 3.8) is 0 Å². The van der Waals surface area contributed by atoms with Gasteiger partial charge in [0.15, 0.2) is 11.7 Å². The van der Waals surface area contributed by atoms with Crippen molar-refractivity contribution in [2.45, 2.75) is 19.8 Å². The molecule has 1 N–H and O–H groups in total. The van der Waals surface area contributed by atoms with E-state index in [9.17, 15) is 18.0 Å². The van der Waals surface area contributed by atoms with Crippen molar-refractivity contribution >= 4 is 35.8 Å².